The minimum Gasteiger partial charge on any atom is -0.493 e. The zero-order valence-electron chi connectivity index (χ0n) is 10.8. The lowest BCUT2D eigenvalue weighted by Crippen LogP contribution is -2.20. The van der Waals surface area contributed by atoms with Crippen LogP contribution in [0.15, 0.2) is 29.0 Å². The number of hydrogen-bond donors (Lipinski definition) is 1. The fraction of sp³-hybridized carbons (Fsp3) is 0.429. The van der Waals surface area contributed by atoms with Crippen LogP contribution >= 0.6 is 0 Å². The summed E-state index contributed by atoms with van der Waals surface area (Å²) < 4.78 is 10.4. The minimum absolute atomic E-state index is 0.683. The van der Waals surface area contributed by atoms with Crippen molar-refractivity contribution >= 4 is 0 Å². The molecule has 2 aromatic rings. The third kappa shape index (κ3) is 3.12. The second-order valence-electron chi connectivity index (χ2n) is 4.63. The van der Waals surface area contributed by atoms with Crippen molar-refractivity contribution in [3.05, 3.63) is 41.5 Å². The molecular weight excluding hydrogens is 242 g/mol. The first-order valence-electron chi connectivity index (χ1n) is 6.63. The van der Waals surface area contributed by atoms with Gasteiger partial charge in [-0.15, -0.1) is 0 Å². The topological polar surface area (TPSA) is 60.2 Å². The fourth-order valence-electron chi connectivity index (χ4n) is 2.25. The molecule has 0 atom stereocenters. The van der Waals surface area contributed by atoms with Crippen molar-refractivity contribution in [3.8, 4) is 5.75 Å². The Morgan fingerprint density at radius 1 is 1.21 bits per heavy atom. The average molecular weight is 259 g/mol. The second-order valence-corrected chi connectivity index (χ2v) is 4.63. The van der Waals surface area contributed by atoms with Crippen LogP contribution in [0.2, 0.25) is 0 Å². The normalized spacial score (nSPS) is 13.3. The number of aromatic nitrogens is 2. The molecule has 19 heavy (non-hydrogen) atoms. The molecule has 0 amide bonds. The van der Waals surface area contributed by atoms with Crippen LogP contribution in [-0.2, 0) is 19.3 Å². The molecule has 5 nitrogen and oxygen atoms in total. The van der Waals surface area contributed by atoms with E-state index in [-0.39, 0.29) is 0 Å². The van der Waals surface area contributed by atoms with Crippen molar-refractivity contribution in [1.82, 2.24) is 15.5 Å². The summed E-state index contributed by atoms with van der Waals surface area (Å²) in [6.07, 6.45) is 4.27. The van der Waals surface area contributed by atoms with Gasteiger partial charge in [-0.1, -0.05) is 17.3 Å². The maximum atomic E-state index is 5.50. The Hall–Kier alpha value is -1.88. The molecule has 0 unspecified atom stereocenters. The van der Waals surface area contributed by atoms with E-state index in [1.165, 1.54) is 17.5 Å². The van der Waals surface area contributed by atoms with Crippen LogP contribution in [0.1, 0.15) is 17.0 Å². The van der Waals surface area contributed by atoms with Crippen molar-refractivity contribution in [2.75, 3.05) is 19.7 Å². The Morgan fingerprint density at radius 2 is 2.16 bits per heavy atom. The Bertz CT molecular complexity index is 525. The highest BCUT2D eigenvalue weighted by Crippen LogP contribution is 2.25. The number of nitrogens with one attached hydrogen (secondary N) is 1. The van der Waals surface area contributed by atoms with Gasteiger partial charge in [-0.05, 0) is 30.2 Å². The number of hydrogen-bond acceptors (Lipinski definition) is 5. The number of fused-ring (bicyclic) bond motifs is 1. The Labute approximate surface area is 112 Å². The molecule has 0 spiro atoms. The molecule has 5 heteroatoms. The standard InChI is InChI=1S/C14H17N3O2/c1-2-13-12(5-8-18-13)9-11(1)3-6-15-7-4-14-16-10-17-19-14/h1-2,9-10,15H,3-8H2. The molecule has 3 rings (SSSR count). The third-order valence-corrected chi connectivity index (χ3v) is 3.27. The Balaban J connectivity index is 1.40. The van der Waals surface area contributed by atoms with E-state index in [2.05, 4.69) is 33.7 Å². The van der Waals surface area contributed by atoms with Crippen LogP contribution in [0.5, 0.6) is 5.75 Å². The number of benzene rings is 1. The van der Waals surface area contributed by atoms with E-state index >= 15 is 0 Å². The number of nitrogens with zero attached hydrogens (tertiary/aromatic N) is 2. The Morgan fingerprint density at radius 3 is 3.05 bits per heavy atom. The predicted octanol–water partition coefficient (Wildman–Crippen LogP) is 1.38. The van der Waals surface area contributed by atoms with E-state index in [0.29, 0.717) is 5.89 Å². The van der Waals surface area contributed by atoms with Gasteiger partial charge in [-0.25, -0.2) is 0 Å². The summed E-state index contributed by atoms with van der Waals surface area (Å²) in [7, 11) is 0. The Kier molecular flexibility index (Phi) is 3.74. The van der Waals surface area contributed by atoms with Gasteiger partial charge in [0.2, 0.25) is 5.89 Å². The smallest absolute Gasteiger partial charge is 0.227 e. The van der Waals surface area contributed by atoms with Gasteiger partial charge in [0, 0.05) is 19.4 Å². The van der Waals surface area contributed by atoms with Crippen LogP contribution in [0, 0.1) is 0 Å². The van der Waals surface area contributed by atoms with Crippen molar-refractivity contribution in [1.29, 1.82) is 0 Å². The van der Waals surface area contributed by atoms with Crippen molar-refractivity contribution in [2.45, 2.75) is 19.3 Å². The lowest BCUT2D eigenvalue weighted by molar-refractivity contribution is 0.357. The molecule has 1 aromatic heterocycles. The summed E-state index contributed by atoms with van der Waals surface area (Å²) in [5.41, 5.74) is 2.69. The minimum atomic E-state index is 0.683. The number of rotatable bonds is 6. The molecule has 1 aromatic carbocycles. The SMILES string of the molecule is c1noc(CCNCCc2ccc3c(c2)CCO3)n1. The van der Waals surface area contributed by atoms with Gasteiger partial charge >= 0.3 is 0 Å². The fourth-order valence-corrected chi connectivity index (χ4v) is 2.25. The monoisotopic (exact) mass is 259 g/mol. The van der Waals surface area contributed by atoms with Gasteiger partial charge in [0.15, 0.2) is 6.33 Å². The molecule has 0 bridgehead atoms. The van der Waals surface area contributed by atoms with Gasteiger partial charge in [0.1, 0.15) is 5.75 Å². The van der Waals surface area contributed by atoms with Gasteiger partial charge in [-0.2, -0.15) is 4.98 Å². The average Bonchev–Trinajstić information content (AvgIpc) is 3.08. The van der Waals surface area contributed by atoms with E-state index in [1.807, 2.05) is 0 Å². The van der Waals surface area contributed by atoms with Crippen LogP contribution in [-0.4, -0.2) is 29.8 Å². The molecule has 0 radical (unpaired) electrons. The molecule has 100 valence electrons. The largest absolute Gasteiger partial charge is 0.493 e. The lowest BCUT2D eigenvalue weighted by atomic mass is 10.1. The summed E-state index contributed by atoms with van der Waals surface area (Å²) in [5, 5.41) is 6.96. The zero-order valence-corrected chi connectivity index (χ0v) is 10.8. The molecule has 1 aliphatic heterocycles. The molecular formula is C14H17N3O2. The summed E-state index contributed by atoms with van der Waals surface area (Å²) in [6, 6.07) is 6.47. The summed E-state index contributed by atoms with van der Waals surface area (Å²) in [6.45, 7) is 2.63. The van der Waals surface area contributed by atoms with E-state index in [0.717, 1.165) is 44.7 Å². The first-order valence-corrected chi connectivity index (χ1v) is 6.63. The third-order valence-electron chi connectivity index (χ3n) is 3.27. The summed E-state index contributed by atoms with van der Waals surface area (Å²) >= 11 is 0. The lowest BCUT2D eigenvalue weighted by Gasteiger charge is -2.05. The van der Waals surface area contributed by atoms with Crippen LogP contribution < -0.4 is 10.1 Å². The van der Waals surface area contributed by atoms with E-state index in [4.69, 9.17) is 9.26 Å². The molecule has 0 saturated carbocycles. The molecule has 1 N–H and O–H groups in total. The van der Waals surface area contributed by atoms with Gasteiger partial charge in [0.05, 0.1) is 6.61 Å². The van der Waals surface area contributed by atoms with Gasteiger partial charge < -0.3 is 14.6 Å². The van der Waals surface area contributed by atoms with Crippen molar-refractivity contribution < 1.29 is 9.26 Å². The highest BCUT2D eigenvalue weighted by Gasteiger charge is 2.11. The predicted molar refractivity (Wildman–Crippen MR) is 70.2 cm³/mol. The van der Waals surface area contributed by atoms with Crippen molar-refractivity contribution in [2.24, 2.45) is 0 Å². The van der Waals surface area contributed by atoms with Crippen molar-refractivity contribution in [3.63, 3.8) is 0 Å². The maximum absolute atomic E-state index is 5.50. The molecule has 1 aliphatic rings. The highest BCUT2D eigenvalue weighted by atomic mass is 16.5. The van der Waals surface area contributed by atoms with Crippen LogP contribution in [0.3, 0.4) is 0 Å². The molecule has 2 heterocycles. The first kappa shape index (κ1) is 12.2. The van der Waals surface area contributed by atoms with E-state index in [9.17, 15) is 0 Å². The summed E-state index contributed by atoms with van der Waals surface area (Å²) in [5.74, 6) is 1.73. The molecule has 0 fully saturated rings. The van der Waals surface area contributed by atoms with Crippen LogP contribution in [0.4, 0.5) is 0 Å². The second kappa shape index (κ2) is 5.84. The number of ether oxygens (including phenoxy) is 1. The van der Waals surface area contributed by atoms with Gasteiger partial charge in [0.25, 0.3) is 0 Å². The molecule has 0 aliphatic carbocycles. The van der Waals surface area contributed by atoms with E-state index in [1.54, 1.807) is 0 Å². The zero-order chi connectivity index (χ0) is 12.9. The quantitative estimate of drug-likeness (QED) is 0.794. The van der Waals surface area contributed by atoms with E-state index < -0.39 is 0 Å². The van der Waals surface area contributed by atoms with Crippen LogP contribution in [0.25, 0.3) is 0 Å². The molecule has 0 saturated heterocycles. The first-order chi connectivity index (χ1) is 9.42. The highest BCUT2D eigenvalue weighted by molar-refractivity contribution is 5.39. The summed E-state index contributed by atoms with van der Waals surface area (Å²) in [4.78, 5) is 3.98. The van der Waals surface area contributed by atoms with Gasteiger partial charge in [-0.3, -0.25) is 0 Å². The maximum Gasteiger partial charge on any atom is 0.227 e.